The normalized spacial score (nSPS) is 26.4. The van der Waals surface area contributed by atoms with Crippen LogP contribution in [0.3, 0.4) is 0 Å². The highest BCUT2D eigenvalue weighted by molar-refractivity contribution is 5.79. The van der Waals surface area contributed by atoms with E-state index in [1.54, 1.807) is 6.07 Å². The average molecular weight is 373 g/mol. The number of benzene rings is 1. The molecule has 1 aromatic rings. The van der Waals surface area contributed by atoms with Crippen LogP contribution in [-0.4, -0.2) is 71.8 Å². The van der Waals surface area contributed by atoms with Gasteiger partial charge in [0, 0.05) is 26.2 Å². The summed E-state index contributed by atoms with van der Waals surface area (Å²) < 4.78 is 5.56. The monoisotopic (exact) mass is 373 g/mol. The zero-order chi connectivity index (χ0) is 18.8. The number of nitrogens with zero attached hydrogens (tertiary/aromatic N) is 2. The molecule has 27 heavy (non-hydrogen) atoms. The van der Waals surface area contributed by atoms with Crippen molar-refractivity contribution in [3.63, 3.8) is 0 Å². The Bertz CT molecular complexity index is 702. The Morgan fingerprint density at radius 1 is 1.15 bits per heavy atom. The Hall–Kier alpha value is -2.28. The third kappa shape index (κ3) is 4.03. The molecular formula is C20H27N3O4. The molecule has 3 fully saturated rings. The third-order valence-corrected chi connectivity index (χ3v) is 5.98. The van der Waals surface area contributed by atoms with Gasteiger partial charge in [0.1, 0.15) is 12.4 Å². The van der Waals surface area contributed by atoms with Crippen LogP contribution in [0.4, 0.5) is 4.79 Å². The fourth-order valence-corrected chi connectivity index (χ4v) is 4.40. The lowest BCUT2D eigenvalue weighted by Gasteiger charge is -2.43. The van der Waals surface area contributed by atoms with E-state index >= 15 is 0 Å². The predicted octanol–water partition coefficient (Wildman–Crippen LogP) is 1.36. The number of ether oxygens (including phenoxy) is 1. The van der Waals surface area contributed by atoms with E-state index in [0.29, 0.717) is 24.8 Å². The smallest absolute Gasteiger partial charge is 0.320 e. The highest BCUT2D eigenvalue weighted by Gasteiger charge is 2.37. The summed E-state index contributed by atoms with van der Waals surface area (Å²) in [5, 5.41) is 12.9. The molecule has 2 N–H and O–H groups in total. The number of fused-ring (bicyclic) bond motifs is 1. The van der Waals surface area contributed by atoms with Gasteiger partial charge in [-0.05, 0) is 43.2 Å². The number of phenols is 1. The van der Waals surface area contributed by atoms with Gasteiger partial charge in [0.05, 0.1) is 12.1 Å². The third-order valence-electron chi connectivity index (χ3n) is 5.98. The van der Waals surface area contributed by atoms with Gasteiger partial charge >= 0.3 is 6.03 Å². The van der Waals surface area contributed by atoms with E-state index in [1.165, 1.54) is 0 Å². The molecule has 146 valence electrons. The Kier molecular flexibility index (Phi) is 5.20. The topological polar surface area (TPSA) is 82.1 Å². The van der Waals surface area contributed by atoms with Gasteiger partial charge in [-0.3, -0.25) is 4.79 Å². The molecule has 3 heterocycles. The lowest BCUT2D eigenvalue weighted by atomic mass is 9.90. The number of hydrogen-bond acceptors (Lipinski definition) is 4. The van der Waals surface area contributed by atoms with Crippen molar-refractivity contribution in [1.82, 2.24) is 15.1 Å². The first kappa shape index (κ1) is 18.1. The van der Waals surface area contributed by atoms with E-state index in [-0.39, 0.29) is 30.7 Å². The Morgan fingerprint density at radius 2 is 1.89 bits per heavy atom. The Labute approximate surface area is 159 Å². The van der Waals surface area contributed by atoms with Crippen LogP contribution in [0.5, 0.6) is 5.75 Å². The SMILES string of the molecule is O=C1CO[C@H]2CCN(C(=O)N3CCC(Cc4ccccc4O)CC3)C[C@H]2N1. The molecule has 0 spiro atoms. The average Bonchev–Trinajstić information content (AvgIpc) is 2.69. The van der Waals surface area contributed by atoms with Crippen molar-refractivity contribution >= 4 is 11.9 Å². The van der Waals surface area contributed by atoms with Crippen molar-refractivity contribution in [2.75, 3.05) is 32.8 Å². The van der Waals surface area contributed by atoms with E-state index < -0.39 is 0 Å². The van der Waals surface area contributed by atoms with E-state index in [2.05, 4.69) is 5.32 Å². The van der Waals surface area contributed by atoms with Crippen LogP contribution < -0.4 is 5.32 Å². The molecule has 7 nitrogen and oxygen atoms in total. The first-order valence-corrected chi connectivity index (χ1v) is 9.82. The van der Waals surface area contributed by atoms with Crippen LogP contribution in [-0.2, 0) is 16.0 Å². The number of aromatic hydroxyl groups is 1. The van der Waals surface area contributed by atoms with Gasteiger partial charge in [-0.15, -0.1) is 0 Å². The first-order valence-electron chi connectivity index (χ1n) is 9.82. The van der Waals surface area contributed by atoms with Crippen molar-refractivity contribution in [2.24, 2.45) is 5.92 Å². The molecule has 0 unspecified atom stereocenters. The fourth-order valence-electron chi connectivity index (χ4n) is 4.40. The lowest BCUT2D eigenvalue weighted by molar-refractivity contribution is -0.139. The van der Waals surface area contributed by atoms with Gasteiger partial charge in [-0.2, -0.15) is 0 Å². The second-order valence-corrected chi connectivity index (χ2v) is 7.80. The van der Waals surface area contributed by atoms with Gasteiger partial charge in [0.15, 0.2) is 0 Å². The number of carbonyl (C=O) groups excluding carboxylic acids is 2. The summed E-state index contributed by atoms with van der Waals surface area (Å²) in [6, 6.07) is 7.45. The molecule has 7 heteroatoms. The molecule has 4 rings (SSSR count). The summed E-state index contributed by atoms with van der Waals surface area (Å²) in [6.45, 7) is 2.80. The van der Waals surface area contributed by atoms with Crippen molar-refractivity contribution < 1.29 is 19.4 Å². The molecule has 2 atom stereocenters. The second-order valence-electron chi connectivity index (χ2n) is 7.80. The minimum Gasteiger partial charge on any atom is -0.508 e. The quantitative estimate of drug-likeness (QED) is 0.820. The minimum atomic E-state index is -0.101. The minimum absolute atomic E-state index is 0.0241. The molecule has 0 bridgehead atoms. The number of hydrogen-bond donors (Lipinski definition) is 2. The molecule has 0 saturated carbocycles. The zero-order valence-corrected chi connectivity index (χ0v) is 15.5. The number of amides is 3. The van der Waals surface area contributed by atoms with E-state index in [9.17, 15) is 14.7 Å². The molecule has 0 radical (unpaired) electrons. The maximum Gasteiger partial charge on any atom is 0.320 e. The molecule has 0 aromatic heterocycles. The number of urea groups is 1. The summed E-state index contributed by atoms with van der Waals surface area (Å²) in [7, 11) is 0. The number of piperidine rings is 2. The number of rotatable bonds is 2. The number of nitrogens with one attached hydrogen (secondary N) is 1. The van der Waals surface area contributed by atoms with Crippen LogP contribution in [0.25, 0.3) is 0 Å². The van der Waals surface area contributed by atoms with Gasteiger partial charge in [-0.25, -0.2) is 4.79 Å². The van der Waals surface area contributed by atoms with Gasteiger partial charge in [0.2, 0.25) is 5.91 Å². The maximum atomic E-state index is 12.9. The van der Waals surface area contributed by atoms with E-state index in [1.807, 2.05) is 28.0 Å². The molecule has 3 aliphatic heterocycles. The van der Waals surface area contributed by atoms with Crippen molar-refractivity contribution in [1.29, 1.82) is 0 Å². The summed E-state index contributed by atoms with van der Waals surface area (Å²) in [5.74, 6) is 0.741. The van der Waals surface area contributed by atoms with Crippen LogP contribution in [0, 0.1) is 5.92 Å². The van der Waals surface area contributed by atoms with Crippen LogP contribution >= 0.6 is 0 Å². The number of morpholine rings is 1. The largest absolute Gasteiger partial charge is 0.508 e. The first-order chi connectivity index (χ1) is 13.1. The van der Waals surface area contributed by atoms with Crippen LogP contribution in [0.1, 0.15) is 24.8 Å². The number of carbonyl (C=O) groups is 2. The summed E-state index contributed by atoms with van der Waals surface area (Å²) in [5.41, 5.74) is 0.984. The molecular weight excluding hydrogens is 346 g/mol. The van der Waals surface area contributed by atoms with E-state index in [0.717, 1.165) is 44.3 Å². The van der Waals surface area contributed by atoms with Crippen LogP contribution in [0.2, 0.25) is 0 Å². The predicted molar refractivity (Wildman–Crippen MR) is 99.4 cm³/mol. The van der Waals surface area contributed by atoms with Gasteiger partial charge in [-0.1, -0.05) is 18.2 Å². The van der Waals surface area contributed by atoms with Gasteiger partial charge < -0.3 is 25.0 Å². The number of likely N-dealkylation sites (tertiary alicyclic amines) is 2. The van der Waals surface area contributed by atoms with Gasteiger partial charge in [0.25, 0.3) is 0 Å². The summed E-state index contributed by atoms with van der Waals surface area (Å²) in [4.78, 5) is 28.2. The molecule has 3 saturated heterocycles. The zero-order valence-electron chi connectivity index (χ0n) is 15.5. The van der Waals surface area contributed by atoms with Crippen molar-refractivity contribution in [2.45, 2.75) is 37.8 Å². The maximum absolute atomic E-state index is 12.9. The standard InChI is InChI=1S/C20H27N3O4/c24-17-4-2-1-3-15(17)11-14-5-8-22(9-6-14)20(26)23-10-7-18-16(12-23)21-19(25)13-27-18/h1-4,14,16,18,24H,5-13H2,(H,21,25)/t16-,18+/m1/s1. The molecule has 1 aromatic carbocycles. The van der Waals surface area contributed by atoms with Crippen molar-refractivity contribution in [3.05, 3.63) is 29.8 Å². The highest BCUT2D eigenvalue weighted by Crippen LogP contribution is 2.27. The fraction of sp³-hybridized carbons (Fsp3) is 0.600. The van der Waals surface area contributed by atoms with Crippen LogP contribution in [0.15, 0.2) is 24.3 Å². The molecule has 3 aliphatic rings. The number of phenolic OH excluding ortho intramolecular Hbond substituents is 1. The Morgan fingerprint density at radius 3 is 2.67 bits per heavy atom. The lowest BCUT2D eigenvalue weighted by Crippen LogP contribution is -2.62. The summed E-state index contributed by atoms with van der Waals surface area (Å²) >= 11 is 0. The van der Waals surface area contributed by atoms with Crippen molar-refractivity contribution in [3.8, 4) is 5.75 Å². The summed E-state index contributed by atoms with van der Waals surface area (Å²) in [6.07, 6.45) is 3.53. The molecule has 3 amide bonds. The highest BCUT2D eigenvalue weighted by atomic mass is 16.5. The Balaban J connectivity index is 1.28. The van der Waals surface area contributed by atoms with E-state index in [4.69, 9.17) is 4.74 Å². The molecule has 0 aliphatic carbocycles. The number of para-hydroxylation sites is 1. The second kappa shape index (κ2) is 7.76.